The van der Waals surface area contributed by atoms with Crippen molar-refractivity contribution in [1.82, 2.24) is 5.32 Å². The molecule has 102 valence electrons. The number of methoxy groups -OCH3 is 1. The average Bonchev–Trinajstić information content (AvgIpc) is 2.39. The predicted octanol–water partition coefficient (Wildman–Crippen LogP) is 3.63. The van der Waals surface area contributed by atoms with Gasteiger partial charge in [0, 0.05) is 17.0 Å². The van der Waals surface area contributed by atoms with E-state index < -0.39 is 0 Å². The molecule has 1 rings (SSSR count). The van der Waals surface area contributed by atoms with Gasteiger partial charge in [0.1, 0.15) is 0 Å². The third-order valence-electron chi connectivity index (χ3n) is 3.05. The fourth-order valence-corrected chi connectivity index (χ4v) is 2.74. The molecule has 0 bridgehead atoms. The van der Waals surface area contributed by atoms with Crippen LogP contribution in [0.4, 0.5) is 4.39 Å². The third kappa shape index (κ3) is 4.18. The molecule has 0 radical (unpaired) electrons. The minimum absolute atomic E-state index is 0.171. The van der Waals surface area contributed by atoms with Gasteiger partial charge >= 0.3 is 0 Å². The highest BCUT2D eigenvalue weighted by Crippen LogP contribution is 2.26. The van der Waals surface area contributed by atoms with Gasteiger partial charge in [0.15, 0.2) is 11.6 Å². The highest BCUT2D eigenvalue weighted by atomic mass is 32.2. The maximum absolute atomic E-state index is 13.7. The van der Waals surface area contributed by atoms with E-state index in [1.807, 2.05) is 24.9 Å². The first kappa shape index (κ1) is 15.3. The van der Waals surface area contributed by atoms with Crippen molar-refractivity contribution < 1.29 is 9.13 Å². The van der Waals surface area contributed by atoms with Crippen LogP contribution in [0.25, 0.3) is 0 Å². The summed E-state index contributed by atoms with van der Waals surface area (Å²) < 4.78 is 18.6. The Balaban J connectivity index is 2.72. The second-order valence-electron chi connectivity index (χ2n) is 4.29. The van der Waals surface area contributed by atoms with Gasteiger partial charge < -0.3 is 10.1 Å². The van der Waals surface area contributed by atoms with E-state index in [-0.39, 0.29) is 11.9 Å². The number of halogens is 1. The molecule has 18 heavy (non-hydrogen) atoms. The zero-order valence-corrected chi connectivity index (χ0v) is 12.3. The minimum Gasteiger partial charge on any atom is -0.494 e. The molecule has 4 heteroatoms. The summed E-state index contributed by atoms with van der Waals surface area (Å²) in [4.78, 5) is 0. The highest BCUT2D eigenvalue weighted by Gasteiger charge is 2.13. The molecule has 0 spiro atoms. The van der Waals surface area contributed by atoms with Gasteiger partial charge in [-0.2, -0.15) is 11.8 Å². The van der Waals surface area contributed by atoms with Gasteiger partial charge in [-0.25, -0.2) is 4.39 Å². The first-order chi connectivity index (χ1) is 8.62. The highest BCUT2D eigenvalue weighted by molar-refractivity contribution is 7.99. The summed E-state index contributed by atoms with van der Waals surface area (Å²) in [7, 11) is 3.39. The SMILES string of the molecule is CCC(C)SCC(NC)c1ccc(OC)c(F)c1. The maximum Gasteiger partial charge on any atom is 0.165 e. The van der Waals surface area contributed by atoms with Crippen molar-refractivity contribution in [2.75, 3.05) is 19.9 Å². The van der Waals surface area contributed by atoms with E-state index >= 15 is 0 Å². The summed E-state index contributed by atoms with van der Waals surface area (Å²) in [5, 5.41) is 3.86. The molecule has 0 aliphatic rings. The van der Waals surface area contributed by atoms with Crippen LogP contribution >= 0.6 is 11.8 Å². The summed E-state index contributed by atoms with van der Waals surface area (Å²) in [5.74, 6) is 0.934. The van der Waals surface area contributed by atoms with Crippen LogP contribution in [0.3, 0.4) is 0 Å². The molecular weight excluding hydrogens is 249 g/mol. The van der Waals surface area contributed by atoms with Gasteiger partial charge in [0.25, 0.3) is 0 Å². The van der Waals surface area contributed by atoms with Gasteiger partial charge in [-0.3, -0.25) is 0 Å². The summed E-state index contributed by atoms with van der Waals surface area (Å²) in [5.41, 5.74) is 0.964. The number of thioether (sulfide) groups is 1. The third-order valence-corrected chi connectivity index (χ3v) is 4.48. The lowest BCUT2D eigenvalue weighted by Crippen LogP contribution is -2.20. The minimum atomic E-state index is -0.302. The van der Waals surface area contributed by atoms with E-state index in [4.69, 9.17) is 4.74 Å². The van der Waals surface area contributed by atoms with E-state index in [1.54, 1.807) is 12.1 Å². The Morgan fingerprint density at radius 2 is 2.17 bits per heavy atom. The number of hydrogen-bond acceptors (Lipinski definition) is 3. The quantitative estimate of drug-likeness (QED) is 0.818. The molecule has 1 aromatic rings. The van der Waals surface area contributed by atoms with Crippen molar-refractivity contribution in [3.8, 4) is 5.75 Å². The topological polar surface area (TPSA) is 21.3 Å². The summed E-state index contributed by atoms with van der Waals surface area (Å²) in [6.45, 7) is 4.39. The van der Waals surface area contributed by atoms with Crippen molar-refractivity contribution in [3.63, 3.8) is 0 Å². The van der Waals surface area contributed by atoms with Crippen LogP contribution in [-0.4, -0.2) is 25.2 Å². The fourth-order valence-electron chi connectivity index (χ4n) is 1.62. The first-order valence-corrected chi connectivity index (χ1v) is 7.29. The maximum atomic E-state index is 13.7. The molecule has 1 N–H and O–H groups in total. The molecule has 0 aliphatic heterocycles. The number of rotatable bonds is 7. The number of ether oxygens (including phenoxy) is 1. The van der Waals surface area contributed by atoms with Crippen molar-refractivity contribution in [1.29, 1.82) is 0 Å². The Kier molecular flexibility index (Phi) is 6.50. The van der Waals surface area contributed by atoms with Crippen LogP contribution in [0.2, 0.25) is 0 Å². The zero-order chi connectivity index (χ0) is 13.5. The van der Waals surface area contributed by atoms with Crippen LogP contribution < -0.4 is 10.1 Å². The summed E-state index contributed by atoms with van der Waals surface area (Å²) >= 11 is 1.90. The monoisotopic (exact) mass is 271 g/mol. The van der Waals surface area contributed by atoms with Crippen molar-refractivity contribution in [2.24, 2.45) is 0 Å². The normalized spacial score (nSPS) is 14.3. The second-order valence-corrected chi connectivity index (χ2v) is 5.76. The Bertz CT molecular complexity index is 373. The summed E-state index contributed by atoms with van der Waals surface area (Å²) in [6, 6.07) is 5.32. The molecule has 0 aliphatic carbocycles. The van der Waals surface area contributed by atoms with Gasteiger partial charge in [-0.15, -0.1) is 0 Å². The average molecular weight is 271 g/mol. The molecule has 2 nitrogen and oxygen atoms in total. The Morgan fingerprint density at radius 3 is 2.67 bits per heavy atom. The van der Waals surface area contributed by atoms with Gasteiger partial charge in [0.05, 0.1) is 7.11 Å². The van der Waals surface area contributed by atoms with Gasteiger partial charge in [0.2, 0.25) is 0 Å². The van der Waals surface area contributed by atoms with E-state index in [0.29, 0.717) is 11.0 Å². The lowest BCUT2D eigenvalue weighted by atomic mass is 10.1. The van der Waals surface area contributed by atoms with Crippen molar-refractivity contribution in [2.45, 2.75) is 31.6 Å². The largest absolute Gasteiger partial charge is 0.494 e. The molecule has 1 aromatic carbocycles. The Morgan fingerprint density at radius 1 is 1.44 bits per heavy atom. The summed E-state index contributed by atoms with van der Waals surface area (Å²) in [6.07, 6.45) is 1.15. The van der Waals surface area contributed by atoms with Crippen molar-refractivity contribution in [3.05, 3.63) is 29.6 Å². The van der Waals surface area contributed by atoms with Crippen LogP contribution in [0.15, 0.2) is 18.2 Å². The molecule has 0 saturated carbocycles. The van der Waals surface area contributed by atoms with Gasteiger partial charge in [-0.1, -0.05) is 19.9 Å². The van der Waals surface area contributed by atoms with E-state index in [0.717, 1.165) is 17.7 Å². The molecule has 2 unspecified atom stereocenters. The predicted molar refractivity (Wildman–Crippen MR) is 77.0 cm³/mol. The molecule has 0 aromatic heterocycles. The molecule has 0 saturated heterocycles. The van der Waals surface area contributed by atoms with Crippen LogP contribution in [-0.2, 0) is 0 Å². The molecule has 0 amide bonds. The first-order valence-electron chi connectivity index (χ1n) is 6.24. The van der Waals surface area contributed by atoms with Crippen LogP contribution in [0.5, 0.6) is 5.75 Å². The standard InChI is InChI=1S/C14H22FNOS/c1-5-10(2)18-9-13(16-3)11-6-7-14(17-4)12(15)8-11/h6-8,10,13,16H,5,9H2,1-4H3. The Labute approximate surface area is 113 Å². The number of benzene rings is 1. The van der Waals surface area contributed by atoms with E-state index in [1.165, 1.54) is 7.11 Å². The van der Waals surface area contributed by atoms with Crippen LogP contribution in [0.1, 0.15) is 31.9 Å². The fraction of sp³-hybridized carbons (Fsp3) is 0.571. The molecular formula is C14H22FNOS. The molecule has 2 atom stereocenters. The second kappa shape index (κ2) is 7.64. The van der Waals surface area contributed by atoms with Crippen molar-refractivity contribution >= 4 is 11.8 Å². The van der Waals surface area contributed by atoms with Gasteiger partial charge in [-0.05, 0) is 31.2 Å². The molecule has 0 heterocycles. The van der Waals surface area contributed by atoms with E-state index in [9.17, 15) is 4.39 Å². The number of hydrogen-bond donors (Lipinski definition) is 1. The van der Waals surface area contributed by atoms with Crippen LogP contribution in [0, 0.1) is 5.82 Å². The zero-order valence-electron chi connectivity index (χ0n) is 11.5. The van der Waals surface area contributed by atoms with E-state index in [2.05, 4.69) is 19.2 Å². The smallest absolute Gasteiger partial charge is 0.165 e. The number of nitrogens with one attached hydrogen (secondary N) is 1. The molecule has 0 fully saturated rings. The lowest BCUT2D eigenvalue weighted by molar-refractivity contribution is 0.385. The lowest BCUT2D eigenvalue weighted by Gasteiger charge is -2.19. The Hall–Kier alpha value is -0.740.